The predicted octanol–water partition coefficient (Wildman–Crippen LogP) is 5.38. The summed E-state index contributed by atoms with van der Waals surface area (Å²) >= 11 is 0. The standard InChI is InChI=1S/C36H43N5O5/c1-25-11-14-31(33(22-25)46-21-6-5-9-28(24-42)41-19-17-39(2)18-20-41)40(3)36(44)27-12-13-30(32(23-27)45-4)38-35(43)29-10-7-8-26-15-16-37-34(26)29/h7-8,10-16,22-24,28,37H,5-6,9,17-21H2,1-4H3,(H,38,43). The lowest BCUT2D eigenvalue weighted by molar-refractivity contribution is -0.113. The van der Waals surface area contributed by atoms with E-state index >= 15 is 0 Å². The third-order valence-corrected chi connectivity index (χ3v) is 8.63. The summed E-state index contributed by atoms with van der Waals surface area (Å²) in [6.45, 7) is 6.25. The highest BCUT2D eigenvalue weighted by molar-refractivity contribution is 6.13. The molecule has 1 aliphatic heterocycles. The second-order valence-corrected chi connectivity index (χ2v) is 11.8. The molecule has 1 aromatic heterocycles. The molecule has 2 heterocycles. The molecular formula is C36H43N5O5. The van der Waals surface area contributed by atoms with Crippen molar-refractivity contribution in [2.75, 3.05) is 64.2 Å². The van der Waals surface area contributed by atoms with Gasteiger partial charge in [0.1, 0.15) is 17.8 Å². The van der Waals surface area contributed by atoms with E-state index in [1.165, 1.54) is 7.11 Å². The number of hydrogen-bond donors (Lipinski definition) is 2. The van der Waals surface area contributed by atoms with Gasteiger partial charge in [-0.25, -0.2) is 0 Å². The minimum atomic E-state index is -0.287. The summed E-state index contributed by atoms with van der Waals surface area (Å²) < 4.78 is 11.8. The predicted molar refractivity (Wildman–Crippen MR) is 181 cm³/mol. The maximum absolute atomic E-state index is 13.7. The number of para-hydroxylation sites is 1. The van der Waals surface area contributed by atoms with Crippen LogP contribution in [0.4, 0.5) is 11.4 Å². The fourth-order valence-electron chi connectivity index (χ4n) is 5.84. The lowest BCUT2D eigenvalue weighted by Gasteiger charge is -2.35. The molecule has 1 fully saturated rings. The van der Waals surface area contributed by atoms with Crippen LogP contribution in [-0.2, 0) is 4.79 Å². The number of ether oxygens (including phenoxy) is 2. The molecule has 1 unspecified atom stereocenters. The number of amides is 2. The van der Waals surface area contributed by atoms with Gasteiger partial charge in [-0.2, -0.15) is 0 Å². The summed E-state index contributed by atoms with van der Waals surface area (Å²) in [6.07, 6.45) is 5.34. The molecule has 2 N–H and O–H groups in total. The van der Waals surface area contributed by atoms with Crippen LogP contribution in [0.3, 0.4) is 0 Å². The molecule has 10 nitrogen and oxygen atoms in total. The van der Waals surface area contributed by atoms with Crippen LogP contribution in [0, 0.1) is 6.92 Å². The number of piperazine rings is 1. The van der Waals surface area contributed by atoms with Gasteiger partial charge in [0.25, 0.3) is 11.8 Å². The van der Waals surface area contributed by atoms with Gasteiger partial charge in [0.05, 0.1) is 42.2 Å². The topological polar surface area (TPSA) is 107 Å². The summed E-state index contributed by atoms with van der Waals surface area (Å²) in [5.74, 6) is 0.458. The van der Waals surface area contributed by atoms with Crippen molar-refractivity contribution in [1.82, 2.24) is 14.8 Å². The van der Waals surface area contributed by atoms with Crippen LogP contribution in [-0.4, -0.2) is 92.9 Å². The van der Waals surface area contributed by atoms with Gasteiger partial charge in [0, 0.05) is 50.4 Å². The molecule has 1 aliphatic rings. The molecule has 242 valence electrons. The van der Waals surface area contributed by atoms with E-state index in [-0.39, 0.29) is 17.9 Å². The van der Waals surface area contributed by atoms with Crippen molar-refractivity contribution in [1.29, 1.82) is 0 Å². The third-order valence-electron chi connectivity index (χ3n) is 8.63. The normalized spacial score (nSPS) is 14.5. The first-order chi connectivity index (χ1) is 22.3. The van der Waals surface area contributed by atoms with Gasteiger partial charge in [-0.1, -0.05) is 18.2 Å². The number of aromatic nitrogens is 1. The Bertz CT molecular complexity index is 1680. The van der Waals surface area contributed by atoms with Gasteiger partial charge in [-0.05, 0) is 81.3 Å². The van der Waals surface area contributed by atoms with E-state index in [0.717, 1.165) is 68.2 Å². The first-order valence-corrected chi connectivity index (χ1v) is 15.7. The van der Waals surface area contributed by atoms with E-state index < -0.39 is 0 Å². The summed E-state index contributed by atoms with van der Waals surface area (Å²) in [5, 5.41) is 3.85. The smallest absolute Gasteiger partial charge is 0.258 e. The number of aldehydes is 1. The monoisotopic (exact) mass is 625 g/mol. The Morgan fingerprint density at radius 3 is 2.59 bits per heavy atom. The number of fused-ring (bicyclic) bond motifs is 1. The van der Waals surface area contributed by atoms with Crippen LogP contribution in [0.25, 0.3) is 10.9 Å². The number of H-pyrrole nitrogens is 1. The number of rotatable bonds is 13. The number of methoxy groups -OCH3 is 1. The number of carbonyl (C=O) groups excluding carboxylic acids is 3. The molecule has 1 saturated heterocycles. The van der Waals surface area contributed by atoms with Gasteiger partial charge in [-0.3, -0.25) is 14.5 Å². The summed E-state index contributed by atoms with van der Waals surface area (Å²) in [7, 11) is 5.32. The van der Waals surface area contributed by atoms with E-state index in [1.54, 1.807) is 42.4 Å². The lowest BCUT2D eigenvalue weighted by Crippen LogP contribution is -2.49. The number of aromatic amines is 1. The van der Waals surface area contributed by atoms with Crippen LogP contribution >= 0.6 is 0 Å². The average Bonchev–Trinajstić information content (AvgIpc) is 3.56. The molecule has 0 bridgehead atoms. The molecule has 5 rings (SSSR count). The molecule has 46 heavy (non-hydrogen) atoms. The molecule has 4 aromatic rings. The van der Waals surface area contributed by atoms with Crippen molar-refractivity contribution in [2.45, 2.75) is 32.2 Å². The Balaban J connectivity index is 1.21. The van der Waals surface area contributed by atoms with Crippen LogP contribution in [0.15, 0.2) is 66.9 Å². The van der Waals surface area contributed by atoms with Crippen LogP contribution < -0.4 is 19.7 Å². The van der Waals surface area contributed by atoms with Gasteiger partial charge >= 0.3 is 0 Å². The Labute approximate surface area is 270 Å². The first kappa shape index (κ1) is 32.7. The highest BCUT2D eigenvalue weighted by atomic mass is 16.5. The number of unbranched alkanes of at least 4 members (excludes halogenated alkanes) is 1. The molecule has 1 atom stereocenters. The highest BCUT2D eigenvalue weighted by Crippen LogP contribution is 2.32. The third kappa shape index (κ3) is 7.58. The van der Waals surface area contributed by atoms with E-state index in [9.17, 15) is 14.4 Å². The van der Waals surface area contributed by atoms with Crippen molar-refractivity contribution in [3.05, 3.63) is 83.6 Å². The van der Waals surface area contributed by atoms with Crippen LogP contribution in [0.5, 0.6) is 11.5 Å². The first-order valence-electron chi connectivity index (χ1n) is 15.7. The second kappa shape index (κ2) is 15.1. The number of nitrogens with one attached hydrogen (secondary N) is 2. The maximum atomic E-state index is 13.7. The van der Waals surface area contributed by atoms with E-state index in [1.807, 2.05) is 43.3 Å². The molecule has 0 radical (unpaired) electrons. The zero-order valence-corrected chi connectivity index (χ0v) is 27.0. The average molecular weight is 626 g/mol. The molecule has 3 aromatic carbocycles. The van der Waals surface area contributed by atoms with Crippen molar-refractivity contribution in [3.8, 4) is 11.5 Å². The minimum absolute atomic E-state index is 0.0583. The van der Waals surface area contributed by atoms with Gasteiger partial charge in [0.15, 0.2) is 0 Å². The lowest BCUT2D eigenvalue weighted by atomic mass is 10.1. The molecule has 10 heteroatoms. The summed E-state index contributed by atoms with van der Waals surface area (Å²) in [6, 6.07) is 18.1. The molecule has 2 amide bonds. The molecule has 0 aliphatic carbocycles. The van der Waals surface area contributed by atoms with Crippen molar-refractivity contribution in [3.63, 3.8) is 0 Å². The van der Waals surface area contributed by atoms with Crippen molar-refractivity contribution in [2.24, 2.45) is 0 Å². The second-order valence-electron chi connectivity index (χ2n) is 11.8. The zero-order chi connectivity index (χ0) is 32.6. The van der Waals surface area contributed by atoms with Crippen LogP contribution in [0.2, 0.25) is 0 Å². The fourth-order valence-corrected chi connectivity index (χ4v) is 5.84. The van der Waals surface area contributed by atoms with Gasteiger partial charge < -0.3 is 34.4 Å². The molecular weight excluding hydrogens is 582 g/mol. The number of carbonyl (C=O) groups is 3. The number of likely N-dealkylation sites (N-methyl/N-ethyl adjacent to an activating group) is 1. The highest BCUT2D eigenvalue weighted by Gasteiger charge is 2.23. The van der Waals surface area contributed by atoms with Crippen molar-refractivity contribution >= 4 is 40.4 Å². The van der Waals surface area contributed by atoms with E-state index in [2.05, 4.69) is 27.1 Å². The maximum Gasteiger partial charge on any atom is 0.258 e. The fraction of sp³-hybridized carbons (Fsp3) is 0.361. The van der Waals surface area contributed by atoms with Gasteiger partial charge in [0.2, 0.25) is 0 Å². The number of benzene rings is 3. The number of aryl methyl sites for hydroxylation is 1. The quantitative estimate of drug-likeness (QED) is 0.152. The largest absolute Gasteiger partial charge is 0.495 e. The number of nitrogens with zero attached hydrogens (tertiary/aromatic N) is 3. The molecule has 0 spiro atoms. The van der Waals surface area contributed by atoms with Crippen LogP contribution in [0.1, 0.15) is 45.5 Å². The SMILES string of the molecule is COc1cc(C(=O)N(C)c2ccc(C)cc2OCCCCC(C=O)N2CCN(C)CC2)ccc1NC(=O)c1cccc2cc[nH]c12. The van der Waals surface area contributed by atoms with E-state index in [4.69, 9.17) is 9.47 Å². The summed E-state index contributed by atoms with van der Waals surface area (Å²) in [4.78, 5) is 47.8. The Morgan fingerprint density at radius 2 is 1.83 bits per heavy atom. The Morgan fingerprint density at radius 1 is 1.02 bits per heavy atom. The Kier molecular flexibility index (Phi) is 10.7. The van der Waals surface area contributed by atoms with Crippen molar-refractivity contribution < 1.29 is 23.9 Å². The number of anilines is 2. The zero-order valence-electron chi connectivity index (χ0n) is 27.0. The van der Waals surface area contributed by atoms with E-state index in [0.29, 0.717) is 40.6 Å². The summed E-state index contributed by atoms with van der Waals surface area (Å²) in [5.41, 5.74) is 3.79. The molecule has 0 saturated carbocycles. The number of hydrogen-bond acceptors (Lipinski definition) is 7. The van der Waals surface area contributed by atoms with Gasteiger partial charge in [-0.15, -0.1) is 0 Å². The minimum Gasteiger partial charge on any atom is -0.495 e. The Hall–Kier alpha value is -4.67.